The van der Waals surface area contributed by atoms with E-state index in [9.17, 15) is 13.2 Å². The Morgan fingerprint density at radius 1 is 0.946 bits per heavy atom. The van der Waals surface area contributed by atoms with Crippen molar-refractivity contribution in [2.45, 2.75) is 19.1 Å². The Hall–Kier alpha value is -4.02. The van der Waals surface area contributed by atoms with Gasteiger partial charge in [0.15, 0.2) is 0 Å². The topological polar surface area (TPSA) is 90.9 Å². The number of hydrogen-bond donors (Lipinski definition) is 3. The van der Waals surface area contributed by atoms with Crippen LogP contribution in [-0.4, -0.2) is 38.7 Å². The molecule has 3 heterocycles. The third kappa shape index (κ3) is 7.25. The number of thiophene rings is 1. The maximum Gasteiger partial charge on any atom is 0.490 e. The van der Waals surface area contributed by atoms with E-state index in [1.807, 2.05) is 30.6 Å². The summed E-state index contributed by atoms with van der Waals surface area (Å²) in [5, 5.41) is 10.7. The number of carboxylic acids is 1. The second-order valence-electron chi connectivity index (χ2n) is 8.05. The Morgan fingerprint density at radius 3 is 2.41 bits per heavy atom. The van der Waals surface area contributed by atoms with Crippen molar-refractivity contribution in [1.29, 1.82) is 0 Å². The number of fused-ring (bicyclic) bond motifs is 1. The van der Waals surface area contributed by atoms with Crippen molar-refractivity contribution < 1.29 is 23.1 Å². The molecule has 37 heavy (non-hydrogen) atoms. The molecule has 0 bridgehead atoms. The summed E-state index contributed by atoms with van der Waals surface area (Å²) in [5.74, 6) is -1.83. The van der Waals surface area contributed by atoms with Crippen LogP contribution in [0.1, 0.15) is 11.1 Å². The van der Waals surface area contributed by atoms with Crippen molar-refractivity contribution in [3.05, 3.63) is 96.3 Å². The molecule has 0 fully saturated rings. The fourth-order valence-electron chi connectivity index (χ4n) is 3.54. The monoisotopic (exact) mass is 524 g/mol. The smallest absolute Gasteiger partial charge is 0.475 e. The summed E-state index contributed by atoms with van der Waals surface area (Å²) < 4.78 is 31.7. The number of rotatable bonds is 7. The number of aromatic amines is 1. The molecule has 6 nitrogen and oxygen atoms in total. The van der Waals surface area contributed by atoms with E-state index in [1.165, 1.54) is 21.6 Å². The number of nitrogens with one attached hydrogen (secondary N) is 2. The number of para-hydroxylation sites is 2. The van der Waals surface area contributed by atoms with Crippen LogP contribution in [0.4, 0.5) is 13.2 Å². The summed E-state index contributed by atoms with van der Waals surface area (Å²) in [6.45, 7) is 1.81. The van der Waals surface area contributed by atoms with Crippen LogP contribution < -0.4 is 5.32 Å². The number of aliphatic carboxylic acids is 1. The number of nitrogens with zero attached hydrogens (tertiary/aromatic N) is 2. The zero-order valence-corrected chi connectivity index (χ0v) is 20.3. The predicted molar refractivity (Wildman–Crippen MR) is 138 cm³/mol. The van der Waals surface area contributed by atoms with Gasteiger partial charge in [-0.2, -0.15) is 13.2 Å². The van der Waals surface area contributed by atoms with E-state index in [0.717, 1.165) is 41.2 Å². The second kappa shape index (κ2) is 11.8. The standard InChI is InChI=1S/C25H22N4S.C2HF3O2/c1-2-7-22-21(6-1)28-25(29-22)24-9-8-23(30-24)20-5-3-4-19(16-20)17-27-15-12-18-10-13-26-14-11-18;3-2(4,5)1(6)7/h1-11,13-14,16,27H,12,15,17H2,(H,28,29);(H,6,7). The van der Waals surface area contributed by atoms with Crippen LogP contribution in [0.5, 0.6) is 0 Å². The van der Waals surface area contributed by atoms with Crippen LogP contribution >= 0.6 is 11.3 Å². The summed E-state index contributed by atoms with van der Waals surface area (Å²) in [5.41, 5.74) is 5.92. The van der Waals surface area contributed by atoms with Gasteiger partial charge in [-0.1, -0.05) is 30.3 Å². The maximum absolute atomic E-state index is 10.6. The molecule has 0 saturated heterocycles. The first-order chi connectivity index (χ1) is 17.8. The van der Waals surface area contributed by atoms with Crippen LogP contribution in [0.3, 0.4) is 0 Å². The fourth-order valence-corrected chi connectivity index (χ4v) is 4.49. The number of benzene rings is 2. The normalized spacial score (nSPS) is 11.2. The van der Waals surface area contributed by atoms with Crippen LogP contribution in [0, 0.1) is 0 Å². The van der Waals surface area contributed by atoms with Crippen LogP contribution in [0.25, 0.3) is 32.2 Å². The Labute approximate surface area is 214 Å². The largest absolute Gasteiger partial charge is 0.490 e. The summed E-state index contributed by atoms with van der Waals surface area (Å²) in [7, 11) is 0. The third-order valence-corrected chi connectivity index (χ3v) is 6.49. The first-order valence-corrected chi connectivity index (χ1v) is 12.2. The lowest BCUT2D eigenvalue weighted by Gasteiger charge is -2.07. The minimum atomic E-state index is -5.08. The molecule has 5 aromatic rings. The number of hydrogen-bond acceptors (Lipinski definition) is 5. The van der Waals surface area contributed by atoms with Crippen molar-refractivity contribution in [1.82, 2.24) is 20.3 Å². The van der Waals surface area contributed by atoms with Gasteiger partial charge in [0.1, 0.15) is 5.82 Å². The van der Waals surface area contributed by atoms with E-state index in [1.54, 1.807) is 11.3 Å². The Bertz CT molecular complexity index is 1430. The van der Waals surface area contributed by atoms with Gasteiger partial charge in [-0.25, -0.2) is 9.78 Å². The quantitative estimate of drug-likeness (QED) is 0.217. The molecule has 2 aromatic carbocycles. The zero-order valence-electron chi connectivity index (χ0n) is 19.5. The molecule has 5 rings (SSSR count). The van der Waals surface area contributed by atoms with Gasteiger partial charge >= 0.3 is 12.1 Å². The van der Waals surface area contributed by atoms with Gasteiger partial charge in [-0.15, -0.1) is 11.3 Å². The summed E-state index contributed by atoms with van der Waals surface area (Å²) in [6.07, 6.45) is -0.382. The molecule has 0 amide bonds. The molecule has 0 aliphatic heterocycles. The molecule has 0 aliphatic rings. The highest BCUT2D eigenvalue weighted by Gasteiger charge is 2.38. The minimum absolute atomic E-state index is 0.862. The van der Waals surface area contributed by atoms with E-state index in [4.69, 9.17) is 14.9 Å². The lowest BCUT2D eigenvalue weighted by atomic mass is 10.1. The highest BCUT2D eigenvalue weighted by Crippen LogP contribution is 2.34. The molecule has 0 atom stereocenters. The molecular weight excluding hydrogens is 501 g/mol. The van der Waals surface area contributed by atoms with Gasteiger partial charge in [0.2, 0.25) is 0 Å². The number of aromatic nitrogens is 3. The SMILES string of the molecule is O=C(O)C(F)(F)F.c1cc(CNCCc2ccncc2)cc(-c2ccc(-c3nc4ccccc4[nH]3)s2)c1. The van der Waals surface area contributed by atoms with Gasteiger partial charge in [0.25, 0.3) is 0 Å². The molecule has 0 radical (unpaired) electrons. The van der Waals surface area contributed by atoms with Gasteiger partial charge in [0, 0.05) is 23.8 Å². The third-order valence-electron chi connectivity index (χ3n) is 5.35. The molecule has 3 N–H and O–H groups in total. The highest BCUT2D eigenvalue weighted by atomic mass is 32.1. The molecular formula is C27H23F3N4O2S. The van der Waals surface area contributed by atoms with Crippen molar-refractivity contribution in [2.75, 3.05) is 6.54 Å². The zero-order chi connectivity index (χ0) is 26.3. The number of alkyl halides is 3. The highest BCUT2D eigenvalue weighted by molar-refractivity contribution is 7.18. The van der Waals surface area contributed by atoms with Crippen LogP contribution in [-0.2, 0) is 17.8 Å². The molecule has 0 saturated carbocycles. The Kier molecular flexibility index (Phi) is 8.32. The van der Waals surface area contributed by atoms with Gasteiger partial charge in [-0.3, -0.25) is 4.98 Å². The van der Waals surface area contributed by atoms with Crippen LogP contribution in [0.15, 0.2) is 85.2 Å². The minimum Gasteiger partial charge on any atom is -0.475 e. The molecule has 0 unspecified atom stereocenters. The van der Waals surface area contributed by atoms with Gasteiger partial charge < -0.3 is 15.4 Å². The molecule has 0 spiro atoms. The van der Waals surface area contributed by atoms with Crippen molar-refractivity contribution in [2.24, 2.45) is 0 Å². The number of imidazole rings is 1. The number of pyridine rings is 1. The molecule has 190 valence electrons. The first-order valence-electron chi connectivity index (χ1n) is 11.3. The number of H-pyrrole nitrogens is 1. The van der Waals surface area contributed by atoms with E-state index >= 15 is 0 Å². The molecule has 0 aliphatic carbocycles. The average molecular weight is 525 g/mol. The van der Waals surface area contributed by atoms with E-state index < -0.39 is 12.1 Å². The van der Waals surface area contributed by atoms with E-state index in [0.29, 0.717) is 0 Å². The molecule has 3 aromatic heterocycles. The Balaban J connectivity index is 0.000000405. The lowest BCUT2D eigenvalue weighted by molar-refractivity contribution is -0.192. The van der Waals surface area contributed by atoms with Crippen molar-refractivity contribution >= 4 is 28.3 Å². The van der Waals surface area contributed by atoms with E-state index in [-0.39, 0.29) is 0 Å². The summed E-state index contributed by atoms with van der Waals surface area (Å²) in [6, 6.07) is 25.4. The second-order valence-corrected chi connectivity index (χ2v) is 9.14. The molecule has 10 heteroatoms. The number of carboxylic acid groups (broad SMARTS) is 1. The predicted octanol–water partition coefficient (Wildman–Crippen LogP) is 6.32. The number of carbonyl (C=O) groups is 1. The number of halogens is 3. The van der Waals surface area contributed by atoms with Crippen LogP contribution in [0.2, 0.25) is 0 Å². The lowest BCUT2D eigenvalue weighted by Crippen LogP contribution is -2.21. The summed E-state index contributed by atoms with van der Waals surface area (Å²) >= 11 is 1.77. The van der Waals surface area contributed by atoms with Crippen molar-refractivity contribution in [3.8, 4) is 21.1 Å². The van der Waals surface area contributed by atoms with Crippen molar-refractivity contribution in [3.63, 3.8) is 0 Å². The average Bonchev–Trinajstić information content (AvgIpc) is 3.55. The summed E-state index contributed by atoms with van der Waals surface area (Å²) in [4.78, 5) is 23.5. The van der Waals surface area contributed by atoms with Gasteiger partial charge in [0.05, 0.1) is 15.9 Å². The van der Waals surface area contributed by atoms with Gasteiger partial charge in [-0.05, 0) is 72.1 Å². The van der Waals surface area contributed by atoms with E-state index in [2.05, 4.69) is 69.9 Å². The first kappa shape index (κ1) is 26.1. The Morgan fingerprint density at radius 2 is 1.68 bits per heavy atom. The fraction of sp³-hybridized carbons (Fsp3) is 0.148. The maximum atomic E-state index is 10.6.